The first-order valence-electron chi connectivity index (χ1n) is 7.92. The first-order valence-corrected chi connectivity index (χ1v) is 7.92. The Kier molecular flexibility index (Phi) is 14.0. The van der Waals surface area contributed by atoms with Gasteiger partial charge in [0.05, 0.1) is 0 Å². The maximum absolute atomic E-state index is 8.65. The van der Waals surface area contributed by atoms with Gasteiger partial charge in [0.2, 0.25) is 0 Å². The van der Waals surface area contributed by atoms with E-state index in [0.29, 0.717) is 6.61 Å². The van der Waals surface area contributed by atoms with E-state index in [1.54, 1.807) is 0 Å². The van der Waals surface area contributed by atoms with Crippen LogP contribution in [-0.4, -0.2) is 11.7 Å². The lowest BCUT2D eigenvalue weighted by molar-refractivity contribution is 0.282. The van der Waals surface area contributed by atoms with Crippen LogP contribution in [0.4, 0.5) is 0 Å². The zero-order valence-electron chi connectivity index (χ0n) is 12.2. The van der Waals surface area contributed by atoms with Crippen molar-refractivity contribution in [3.63, 3.8) is 0 Å². The van der Waals surface area contributed by atoms with Gasteiger partial charge in [-0.1, -0.05) is 84.5 Å². The summed E-state index contributed by atoms with van der Waals surface area (Å²) >= 11 is 0. The highest BCUT2D eigenvalue weighted by molar-refractivity contribution is 4.52. The summed E-state index contributed by atoms with van der Waals surface area (Å²) in [5.41, 5.74) is 0. The first-order chi connectivity index (χ1) is 8.31. The summed E-state index contributed by atoms with van der Waals surface area (Å²) in [5, 5.41) is 8.65. The minimum atomic E-state index is 0.371. The van der Waals surface area contributed by atoms with Crippen molar-refractivity contribution in [1.82, 2.24) is 0 Å². The lowest BCUT2D eigenvalue weighted by Gasteiger charge is -2.07. The van der Waals surface area contributed by atoms with Crippen LogP contribution in [0.5, 0.6) is 0 Å². The Morgan fingerprint density at radius 2 is 1.12 bits per heavy atom. The van der Waals surface area contributed by atoms with Gasteiger partial charge in [0.25, 0.3) is 0 Å². The monoisotopic (exact) mass is 242 g/mol. The summed E-state index contributed by atoms with van der Waals surface area (Å²) in [6.07, 6.45) is 16.2. The van der Waals surface area contributed by atoms with Gasteiger partial charge in [-0.15, -0.1) is 0 Å². The van der Waals surface area contributed by atoms with Crippen molar-refractivity contribution in [2.75, 3.05) is 6.61 Å². The quantitative estimate of drug-likeness (QED) is 0.434. The Morgan fingerprint density at radius 1 is 0.706 bits per heavy atom. The van der Waals surface area contributed by atoms with E-state index in [-0.39, 0.29) is 0 Å². The Labute approximate surface area is 109 Å². The van der Waals surface area contributed by atoms with E-state index in [4.69, 9.17) is 5.11 Å². The lowest BCUT2D eigenvalue weighted by atomic mass is 9.99. The van der Waals surface area contributed by atoms with Gasteiger partial charge in [-0.3, -0.25) is 0 Å². The minimum absolute atomic E-state index is 0.371. The molecular formula is C16H34O. The van der Waals surface area contributed by atoms with Crippen LogP contribution in [0.2, 0.25) is 0 Å². The molecule has 1 nitrogen and oxygen atoms in total. The van der Waals surface area contributed by atoms with Crippen LogP contribution < -0.4 is 0 Å². The van der Waals surface area contributed by atoms with Crippen LogP contribution >= 0.6 is 0 Å². The highest BCUT2D eigenvalue weighted by Gasteiger charge is 1.98. The molecule has 0 aromatic rings. The van der Waals surface area contributed by atoms with E-state index in [0.717, 1.165) is 12.3 Å². The van der Waals surface area contributed by atoms with E-state index >= 15 is 0 Å². The molecular weight excluding hydrogens is 208 g/mol. The Balaban J connectivity index is 2.94. The van der Waals surface area contributed by atoms with Crippen molar-refractivity contribution in [2.45, 2.75) is 90.9 Å². The fraction of sp³-hybridized carbons (Fsp3) is 1.00. The van der Waals surface area contributed by atoms with Crippen LogP contribution in [0.25, 0.3) is 0 Å². The van der Waals surface area contributed by atoms with Crippen molar-refractivity contribution in [1.29, 1.82) is 0 Å². The summed E-state index contributed by atoms with van der Waals surface area (Å²) in [6, 6.07) is 0. The van der Waals surface area contributed by atoms with Crippen molar-refractivity contribution in [3.05, 3.63) is 0 Å². The van der Waals surface area contributed by atoms with Crippen LogP contribution in [0.15, 0.2) is 0 Å². The fourth-order valence-electron chi connectivity index (χ4n) is 2.22. The molecule has 0 aliphatic heterocycles. The lowest BCUT2D eigenvalue weighted by Crippen LogP contribution is -1.91. The maximum atomic E-state index is 8.65. The maximum Gasteiger partial charge on any atom is 0.0431 e. The molecule has 0 heterocycles. The molecule has 0 aliphatic rings. The van der Waals surface area contributed by atoms with Gasteiger partial charge in [-0.05, 0) is 12.3 Å². The molecule has 0 radical (unpaired) electrons. The summed E-state index contributed by atoms with van der Waals surface area (Å²) in [4.78, 5) is 0. The number of hydrogen-bond donors (Lipinski definition) is 1. The molecule has 0 saturated heterocycles. The van der Waals surface area contributed by atoms with Crippen LogP contribution in [0.3, 0.4) is 0 Å². The Morgan fingerprint density at radius 3 is 1.53 bits per heavy atom. The van der Waals surface area contributed by atoms with Gasteiger partial charge in [-0.25, -0.2) is 0 Å². The van der Waals surface area contributed by atoms with Crippen molar-refractivity contribution >= 4 is 0 Å². The van der Waals surface area contributed by atoms with E-state index in [1.807, 2.05) is 0 Å². The summed E-state index contributed by atoms with van der Waals surface area (Å²) in [7, 11) is 0. The van der Waals surface area contributed by atoms with Crippen LogP contribution in [0, 0.1) is 5.92 Å². The summed E-state index contributed by atoms with van der Waals surface area (Å²) in [6.45, 7) is 5.03. The SMILES string of the molecule is CCC(C)CCCCCCCCCCCCO. The topological polar surface area (TPSA) is 20.2 Å². The highest BCUT2D eigenvalue weighted by atomic mass is 16.2. The van der Waals surface area contributed by atoms with E-state index in [9.17, 15) is 0 Å². The average Bonchev–Trinajstić information content (AvgIpc) is 2.35. The highest BCUT2D eigenvalue weighted by Crippen LogP contribution is 2.15. The van der Waals surface area contributed by atoms with E-state index < -0.39 is 0 Å². The molecule has 0 bridgehead atoms. The Hall–Kier alpha value is -0.0400. The molecule has 0 aromatic carbocycles. The van der Waals surface area contributed by atoms with E-state index in [1.165, 1.54) is 70.6 Å². The summed E-state index contributed by atoms with van der Waals surface area (Å²) < 4.78 is 0. The second-order valence-corrected chi connectivity index (χ2v) is 5.56. The molecule has 104 valence electrons. The normalized spacial score (nSPS) is 12.9. The average molecular weight is 242 g/mol. The molecule has 1 unspecified atom stereocenters. The fourth-order valence-corrected chi connectivity index (χ4v) is 2.22. The molecule has 0 aliphatic carbocycles. The second kappa shape index (κ2) is 14.0. The van der Waals surface area contributed by atoms with Crippen LogP contribution in [-0.2, 0) is 0 Å². The third-order valence-corrected chi connectivity index (χ3v) is 3.80. The van der Waals surface area contributed by atoms with Gasteiger partial charge < -0.3 is 5.11 Å². The van der Waals surface area contributed by atoms with Gasteiger partial charge in [-0.2, -0.15) is 0 Å². The molecule has 0 saturated carbocycles. The van der Waals surface area contributed by atoms with Gasteiger partial charge >= 0.3 is 0 Å². The second-order valence-electron chi connectivity index (χ2n) is 5.56. The summed E-state index contributed by atoms with van der Waals surface area (Å²) in [5.74, 6) is 0.932. The predicted molar refractivity (Wildman–Crippen MR) is 77.3 cm³/mol. The van der Waals surface area contributed by atoms with Gasteiger partial charge in [0, 0.05) is 6.61 Å². The van der Waals surface area contributed by atoms with Crippen molar-refractivity contribution < 1.29 is 5.11 Å². The zero-order valence-corrected chi connectivity index (χ0v) is 12.2. The van der Waals surface area contributed by atoms with E-state index in [2.05, 4.69) is 13.8 Å². The largest absolute Gasteiger partial charge is 0.396 e. The molecule has 0 fully saturated rings. The number of rotatable bonds is 13. The molecule has 1 atom stereocenters. The molecule has 0 aromatic heterocycles. The third kappa shape index (κ3) is 13.9. The van der Waals surface area contributed by atoms with Crippen LogP contribution in [0.1, 0.15) is 90.9 Å². The number of hydrogen-bond acceptors (Lipinski definition) is 1. The molecule has 0 rings (SSSR count). The molecule has 17 heavy (non-hydrogen) atoms. The molecule has 1 heteroatoms. The van der Waals surface area contributed by atoms with Crippen molar-refractivity contribution in [3.8, 4) is 0 Å². The third-order valence-electron chi connectivity index (χ3n) is 3.80. The van der Waals surface area contributed by atoms with Gasteiger partial charge in [0.15, 0.2) is 0 Å². The predicted octanol–water partition coefficient (Wildman–Crippen LogP) is 5.32. The standard InChI is InChI=1S/C16H34O/c1-3-16(2)14-12-10-8-6-4-5-7-9-11-13-15-17/h16-17H,3-15H2,1-2H3. The molecule has 0 amide bonds. The zero-order chi connectivity index (χ0) is 12.8. The number of aliphatic hydroxyl groups is 1. The van der Waals surface area contributed by atoms with Gasteiger partial charge in [0.1, 0.15) is 0 Å². The molecule has 0 spiro atoms. The first kappa shape index (κ1) is 17.0. The molecule has 1 N–H and O–H groups in total. The number of unbranched alkanes of at least 4 members (excludes halogenated alkanes) is 9. The number of aliphatic hydroxyl groups excluding tert-OH is 1. The smallest absolute Gasteiger partial charge is 0.0431 e. The minimum Gasteiger partial charge on any atom is -0.396 e. The Bertz CT molecular complexity index is 133. The van der Waals surface area contributed by atoms with Crippen molar-refractivity contribution in [2.24, 2.45) is 5.92 Å².